The third kappa shape index (κ3) is 5.16. The SMILES string of the molecule is COc1cccc(/C=C(\C#N)C(=O)Nc2cccc3ccccc23)c1OS(=O)(=O)c1ccccc1. The van der Waals surface area contributed by atoms with Crippen LogP contribution in [0.4, 0.5) is 5.69 Å². The van der Waals surface area contributed by atoms with E-state index in [-0.39, 0.29) is 27.5 Å². The normalized spacial score (nSPS) is 11.5. The smallest absolute Gasteiger partial charge is 0.339 e. The van der Waals surface area contributed by atoms with Crippen molar-refractivity contribution < 1.29 is 22.1 Å². The van der Waals surface area contributed by atoms with Crippen LogP contribution in [-0.4, -0.2) is 21.4 Å². The van der Waals surface area contributed by atoms with Crippen LogP contribution in [0, 0.1) is 11.3 Å². The molecular formula is C27H20N2O5S. The molecule has 174 valence electrons. The highest BCUT2D eigenvalue weighted by atomic mass is 32.2. The fourth-order valence-corrected chi connectivity index (χ4v) is 4.45. The zero-order chi connectivity index (χ0) is 24.8. The summed E-state index contributed by atoms with van der Waals surface area (Å²) in [6.07, 6.45) is 1.26. The first kappa shape index (κ1) is 23.5. The average molecular weight is 485 g/mol. The highest BCUT2D eigenvalue weighted by Gasteiger charge is 2.22. The molecule has 0 atom stereocenters. The summed E-state index contributed by atoms with van der Waals surface area (Å²) in [5.41, 5.74) is 0.490. The van der Waals surface area contributed by atoms with E-state index in [1.54, 1.807) is 36.4 Å². The van der Waals surface area contributed by atoms with Crippen molar-refractivity contribution in [1.82, 2.24) is 0 Å². The maximum absolute atomic E-state index is 13.0. The first-order chi connectivity index (χ1) is 16.9. The van der Waals surface area contributed by atoms with Crippen molar-refractivity contribution in [2.75, 3.05) is 12.4 Å². The fourth-order valence-electron chi connectivity index (χ4n) is 3.47. The summed E-state index contributed by atoms with van der Waals surface area (Å²) in [5, 5.41) is 14.2. The van der Waals surface area contributed by atoms with Crippen molar-refractivity contribution in [2.45, 2.75) is 4.90 Å². The van der Waals surface area contributed by atoms with Crippen molar-refractivity contribution in [3.8, 4) is 17.6 Å². The standard InChI is InChI=1S/C27H20N2O5S/c1-33-25-16-8-11-20(26(25)34-35(31,32)22-12-3-2-4-13-22)17-21(18-28)27(30)29-24-15-7-10-19-9-5-6-14-23(19)24/h2-17H,1H3,(H,29,30)/b21-17+. The number of rotatable bonds is 7. The van der Waals surface area contributed by atoms with E-state index in [0.29, 0.717) is 5.69 Å². The van der Waals surface area contributed by atoms with Crippen molar-refractivity contribution >= 4 is 38.6 Å². The predicted octanol–water partition coefficient (Wildman–Crippen LogP) is 5.16. The second-order valence-electron chi connectivity index (χ2n) is 7.38. The van der Waals surface area contributed by atoms with Gasteiger partial charge in [-0.1, -0.05) is 66.7 Å². The molecule has 0 aliphatic rings. The molecule has 0 unspecified atom stereocenters. The third-order valence-corrected chi connectivity index (χ3v) is 6.39. The molecule has 1 N–H and O–H groups in total. The molecule has 0 fully saturated rings. The maximum Gasteiger partial charge on any atom is 0.339 e. The lowest BCUT2D eigenvalue weighted by molar-refractivity contribution is -0.112. The van der Waals surface area contributed by atoms with Crippen LogP contribution in [0.2, 0.25) is 0 Å². The first-order valence-corrected chi connectivity index (χ1v) is 11.9. The molecule has 0 aliphatic carbocycles. The van der Waals surface area contributed by atoms with E-state index in [1.165, 1.54) is 37.5 Å². The molecule has 7 nitrogen and oxygen atoms in total. The molecule has 0 spiro atoms. The number of nitriles is 1. The van der Waals surface area contributed by atoms with Gasteiger partial charge in [0.15, 0.2) is 11.5 Å². The van der Waals surface area contributed by atoms with E-state index >= 15 is 0 Å². The van der Waals surface area contributed by atoms with Gasteiger partial charge >= 0.3 is 10.1 Å². The van der Waals surface area contributed by atoms with Crippen LogP contribution in [-0.2, 0) is 14.9 Å². The second kappa shape index (κ2) is 10.1. The molecule has 0 saturated carbocycles. The zero-order valence-electron chi connectivity index (χ0n) is 18.6. The number of carbonyl (C=O) groups excluding carboxylic acids is 1. The van der Waals surface area contributed by atoms with Gasteiger partial charge in [-0.3, -0.25) is 4.79 Å². The van der Waals surface area contributed by atoms with Gasteiger partial charge < -0.3 is 14.2 Å². The number of hydrogen-bond acceptors (Lipinski definition) is 6. The van der Waals surface area contributed by atoms with E-state index < -0.39 is 16.0 Å². The van der Waals surface area contributed by atoms with Crippen molar-refractivity contribution in [1.29, 1.82) is 5.26 Å². The Morgan fingerprint density at radius 1 is 0.914 bits per heavy atom. The van der Waals surface area contributed by atoms with Crippen LogP contribution in [0.1, 0.15) is 5.56 Å². The Hall–Kier alpha value is -4.61. The number of anilines is 1. The molecule has 0 saturated heterocycles. The minimum atomic E-state index is -4.20. The van der Waals surface area contributed by atoms with Crippen LogP contribution in [0.15, 0.2) is 101 Å². The van der Waals surface area contributed by atoms with Crippen LogP contribution in [0.25, 0.3) is 16.8 Å². The van der Waals surface area contributed by atoms with Gasteiger partial charge in [-0.2, -0.15) is 13.7 Å². The molecule has 0 bridgehead atoms. The largest absolute Gasteiger partial charge is 0.493 e. The number of benzene rings is 4. The highest BCUT2D eigenvalue weighted by Crippen LogP contribution is 2.35. The lowest BCUT2D eigenvalue weighted by Crippen LogP contribution is -2.14. The van der Waals surface area contributed by atoms with Gasteiger partial charge in [0.25, 0.3) is 5.91 Å². The summed E-state index contributed by atoms with van der Waals surface area (Å²) in [6.45, 7) is 0. The van der Waals surface area contributed by atoms with Crippen LogP contribution in [0.3, 0.4) is 0 Å². The quantitative estimate of drug-likeness (QED) is 0.221. The average Bonchev–Trinajstić information content (AvgIpc) is 2.88. The predicted molar refractivity (Wildman–Crippen MR) is 133 cm³/mol. The lowest BCUT2D eigenvalue weighted by atomic mass is 10.1. The van der Waals surface area contributed by atoms with E-state index in [0.717, 1.165) is 10.8 Å². The minimum absolute atomic E-state index is 0.0463. The molecule has 4 aromatic rings. The van der Waals surface area contributed by atoms with Crippen molar-refractivity contribution in [2.24, 2.45) is 0 Å². The maximum atomic E-state index is 13.0. The molecule has 35 heavy (non-hydrogen) atoms. The molecule has 0 aliphatic heterocycles. The minimum Gasteiger partial charge on any atom is -0.493 e. The Morgan fingerprint density at radius 3 is 2.34 bits per heavy atom. The molecule has 4 aromatic carbocycles. The topological polar surface area (TPSA) is 105 Å². The molecule has 0 aromatic heterocycles. The number of nitrogens with one attached hydrogen (secondary N) is 1. The molecular weight excluding hydrogens is 464 g/mol. The molecule has 0 radical (unpaired) electrons. The van der Waals surface area contributed by atoms with E-state index in [1.807, 2.05) is 36.4 Å². The van der Waals surface area contributed by atoms with Gasteiger partial charge in [-0.05, 0) is 35.7 Å². The molecule has 1 amide bonds. The van der Waals surface area contributed by atoms with Gasteiger partial charge in [0, 0.05) is 16.6 Å². The summed E-state index contributed by atoms with van der Waals surface area (Å²) in [5.74, 6) is -0.655. The van der Waals surface area contributed by atoms with Crippen molar-refractivity contribution in [3.63, 3.8) is 0 Å². The summed E-state index contributed by atoms with van der Waals surface area (Å²) < 4.78 is 36.4. The number of para-hydroxylation sites is 1. The number of amides is 1. The number of hydrogen-bond donors (Lipinski definition) is 1. The monoisotopic (exact) mass is 484 g/mol. The van der Waals surface area contributed by atoms with E-state index in [9.17, 15) is 18.5 Å². The van der Waals surface area contributed by atoms with Gasteiger partial charge in [-0.15, -0.1) is 0 Å². The first-order valence-electron chi connectivity index (χ1n) is 10.5. The summed E-state index contributed by atoms with van der Waals surface area (Å²) in [4.78, 5) is 12.9. The Labute approximate surface area is 203 Å². The number of fused-ring (bicyclic) bond motifs is 1. The fraction of sp³-hybridized carbons (Fsp3) is 0.0370. The van der Waals surface area contributed by atoms with Gasteiger partial charge in [0.1, 0.15) is 16.5 Å². The summed E-state index contributed by atoms with van der Waals surface area (Å²) in [7, 11) is -2.83. The van der Waals surface area contributed by atoms with Gasteiger partial charge in [0.05, 0.1) is 7.11 Å². The van der Waals surface area contributed by atoms with Crippen molar-refractivity contribution in [3.05, 3.63) is 102 Å². The second-order valence-corrected chi connectivity index (χ2v) is 8.93. The lowest BCUT2D eigenvalue weighted by Gasteiger charge is -2.14. The number of carbonyl (C=O) groups is 1. The van der Waals surface area contributed by atoms with Crippen LogP contribution >= 0.6 is 0 Å². The number of ether oxygens (including phenoxy) is 1. The molecule has 4 rings (SSSR count). The summed E-state index contributed by atoms with van der Waals surface area (Å²) in [6, 6.07) is 27.1. The third-order valence-electron chi connectivity index (χ3n) is 5.16. The Kier molecular flexibility index (Phi) is 6.81. The zero-order valence-corrected chi connectivity index (χ0v) is 19.5. The van der Waals surface area contributed by atoms with E-state index in [4.69, 9.17) is 8.92 Å². The van der Waals surface area contributed by atoms with Crippen LogP contribution in [0.5, 0.6) is 11.5 Å². The summed E-state index contributed by atoms with van der Waals surface area (Å²) >= 11 is 0. The molecule has 8 heteroatoms. The number of methoxy groups -OCH3 is 1. The van der Waals surface area contributed by atoms with Gasteiger partial charge in [0.2, 0.25) is 0 Å². The van der Waals surface area contributed by atoms with E-state index in [2.05, 4.69) is 5.32 Å². The Balaban J connectivity index is 1.71. The van der Waals surface area contributed by atoms with Crippen LogP contribution < -0.4 is 14.2 Å². The Morgan fingerprint density at radius 2 is 1.60 bits per heavy atom. The number of nitrogens with zero attached hydrogens (tertiary/aromatic N) is 1. The molecule has 0 heterocycles. The Bertz CT molecular complexity index is 1570. The highest BCUT2D eigenvalue weighted by molar-refractivity contribution is 7.87. The van der Waals surface area contributed by atoms with Gasteiger partial charge in [-0.25, -0.2) is 0 Å².